The molecule has 1 aliphatic heterocycles. The Kier molecular flexibility index (Phi) is 3.57. The molecule has 0 radical (unpaired) electrons. The van der Waals surface area contributed by atoms with Crippen LogP contribution >= 0.6 is 0 Å². The van der Waals surface area contributed by atoms with Crippen LogP contribution in [0.5, 0.6) is 0 Å². The van der Waals surface area contributed by atoms with Gasteiger partial charge in [-0.2, -0.15) is 18.4 Å². The van der Waals surface area contributed by atoms with Crippen molar-refractivity contribution in [2.24, 2.45) is 17.8 Å². The molecule has 0 amide bonds. The van der Waals surface area contributed by atoms with Gasteiger partial charge in [-0.3, -0.25) is 0 Å². The molecule has 2 aliphatic carbocycles. The van der Waals surface area contributed by atoms with E-state index in [0.29, 0.717) is 24.1 Å². The fourth-order valence-corrected chi connectivity index (χ4v) is 4.89. The average molecular weight is 352 g/mol. The molecule has 1 aromatic rings. The van der Waals surface area contributed by atoms with Crippen LogP contribution in [0.25, 0.3) is 0 Å². The molecule has 4 rings (SSSR count). The number of halogens is 3. The Hall–Kier alpha value is -1.78. The molecule has 4 nitrogen and oxygen atoms in total. The zero-order valence-corrected chi connectivity index (χ0v) is 13.9. The second-order valence-electron chi connectivity index (χ2n) is 7.32. The molecule has 1 heterocycles. The highest BCUT2D eigenvalue weighted by Crippen LogP contribution is 2.64. The van der Waals surface area contributed by atoms with Crippen molar-refractivity contribution in [3.63, 3.8) is 0 Å². The Bertz CT molecular complexity index is 745. The Morgan fingerprint density at radius 2 is 2.16 bits per heavy atom. The topological polar surface area (TPSA) is 57.6 Å². The summed E-state index contributed by atoms with van der Waals surface area (Å²) in [6.45, 7) is 2.59. The molecule has 2 saturated carbocycles. The summed E-state index contributed by atoms with van der Waals surface area (Å²) in [5.74, 6) is 0.912. The van der Waals surface area contributed by atoms with Gasteiger partial charge in [0.05, 0.1) is 35.0 Å². The van der Waals surface area contributed by atoms with E-state index >= 15 is 0 Å². The molecule has 134 valence electrons. The van der Waals surface area contributed by atoms with Crippen LogP contribution in [-0.4, -0.2) is 31.5 Å². The van der Waals surface area contributed by atoms with E-state index in [2.05, 4.69) is 12.2 Å². The van der Waals surface area contributed by atoms with Gasteiger partial charge in [0.1, 0.15) is 0 Å². The van der Waals surface area contributed by atoms with E-state index in [1.165, 1.54) is 12.1 Å². The number of anilines is 1. The van der Waals surface area contributed by atoms with Crippen molar-refractivity contribution in [1.29, 1.82) is 5.26 Å². The van der Waals surface area contributed by atoms with Gasteiger partial charge in [-0.05, 0) is 37.5 Å². The summed E-state index contributed by atoms with van der Waals surface area (Å²) < 4.78 is 50.8. The normalized spacial score (nSPS) is 38.3. The summed E-state index contributed by atoms with van der Waals surface area (Å²) in [5.41, 5.74) is -1.24. The minimum absolute atomic E-state index is 0.177. The third-order valence-electron chi connectivity index (χ3n) is 6.31. The lowest BCUT2D eigenvalue weighted by molar-refractivity contribution is -0.137. The van der Waals surface area contributed by atoms with Crippen molar-refractivity contribution in [3.05, 3.63) is 29.3 Å². The van der Waals surface area contributed by atoms with Gasteiger partial charge >= 0.3 is 6.18 Å². The van der Waals surface area contributed by atoms with Crippen LogP contribution in [0.15, 0.2) is 18.2 Å². The number of nitriles is 1. The molecule has 25 heavy (non-hydrogen) atoms. The maximum absolute atomic E-state index is 13.1. The lowest BCUT2D eigenvalue weighted by atomic mass is 9.76. The lowest BCUT2D eigenvalue weighted by Crippen LogP contribution is -2.48. The largest absolute Gasteiger partial charge is 0.417 e. The van der Waals surface area contributed by atoms with Gasteiger partial charge in [0.15, 0.2) is 0 Å². The van der Waals surface area contributed by atoms with E-state index in [0.717, 1.165) is 12.5 Å². The van der Waals surface area contributed by atoms with E-state index in [4.69, 9.17) is 14.7 Å². The van der Waals surface area contributed by atoms with E-state index < -0.39 is 11.7 Å². The average Bonchev–Trinajstić information content (AvgIpc) is 3.22. The molecular formula is C18H19F3N2O2. The number of fused-ring (bicyclic) bond motifs is 5. The van der Waals surface area contributed by atoms with Crippen LogP contribution in [0.1, 0.15) is 24.5 Å². The Morgan fingerprint density at radius 3 is 2.80 bits per heavy atom. The summed E-state index contributed by atoms with van der Waals surface area (Å²) in [4.78, 5) is 0. The molecule has 0 spiro atoms. The monoisotopic (exact) mass is 352 g/mol. The highest BCUT2D eigenvalue weighted by molar-refractivity contribution is 5.53. The van der Waals surface area contributed by atoms with E-state index in [9.17, 15) is 13.2 Å². The number of hydrogen-bond acceptors (Lipinski definition) is 4. The fraction of sp³-hybridized carbons (Fsp3) is 0.611. The maximum atomic E-state index is 13.1. The van der Waals surface area contributed by atoms with Crippen molar-refractivity contribution in [2.75, 3.05) is 19.0 Å². The Labute approximate surface area is 143 Å². The van der Waals surface area contributed by atoms with Crippen molar-refractivity contribution >= 4 is 5.69 Å². The zero-order valence-electron chi connectivity index (χ0n) is 13.9. The van der Waals surface area contributed by atoms with Crippen LogP contribution in [0.4, 0.5) is 18.9 Å². The number of rotatable bonds is 4. The van der Waals surface area contributed by atoms with Gasteiger partial charge in [-0.1, -0.05) is 0 Å². The van der Waals surface area contributed by atoms with Gasteiger partial charge in [-0.15, -0.1) is 0 Å². The number of epoxide rings is 1. The summed E-state index contributed by atoms with van der Waals surface area (Å²) >= 11 is 0. The molecule has 3 fully saturated rings. The van der Waals surface area contributed by atoms with E-state index in [1.54, 1.807) is 13.2 Å². The minimum atomic E-state index is -4.55. The van der Waals surface area contributed by atoms with Gasteiger partial charge in [0.25, 0.3) is 0 Å². The highest BCUT2D eigenvalue weighted by Gasteiger charge is 2.71. The van der Waals surface area contributed by atoms with Gasteiger partial charge in [0, 0.05) is 31.2 Å². The zero-order chi connectivity index (χ0) is 18.0. The maximum Gasteiger partial charge on any atom is 0.417 e. The third kappa shape index (κ3) is 2.42. The molecule has 1 saturated heterocycles. The number of nitrogens with zero attached hydrogens (tertiary/aromatic N) is 1. The first-order valence-corrected chi connectivity index (χ1v) is 8.35. The quantitative estimate of drug-likeness (QED) is 0.844. The minimum Gasteiger partial charge on any atom is -0.385 e. The van der Waals surface area contributed by atoms with Crippen LogP contribution in [0.3, 0.4) is 0 Å². The van der Waals surface area contributed by atoms with Crippen LogP contribution in [0.2, 0.25) is 0 Å². The molecule has 6 unspecified atom stereocenters. The number of ether oxygens (including phenoxy) is 2. The van der Waals surface area contributed by atoms with Gasteiger partial charge in [0.2, 0.25) is 0 Å². The molecule has 2 bridgehead atoms. The molecule has 7 heteroatoms. The summed E-state index contributed by atoms with van der Waals surface area (Å²) in [7, 11) is 1.69. The Balaban J connectivity index is 1.53. The first-order chi connectivity index (χ1) is 11.8. The van der Waals surface area contributed by atoms with Gasteiger partial charge in [-0.25, -0.2) is 0 Å². The number of nitrogens with one attached hydrogen (secondary N) is 1. The van der Waals surface area contributed by atoms with Crippen molar-refractivity contribution in [3.8, 4) is 6.07 Å². The SMILES string of the molecule is COC1(C)C(CNc2ccc(C#N)c(C(F)(F)F)c2)C2CC1C1OC21. The van der Waals surface area contributed by atoms with Crippen molar-refractivity contribution in [1.82, 2.24) is 0 Å². The summed E-state index contributed by atoms with van der Waals surface area (Å²) in [6.07, 6.45) is -2.93. The number of benzene rings is 1. The smallest absolute Gasteiger partial charge is 0.385 e. The molecule has 6 atom stereocenters. The number of methoxy groups -OCH3 is 1. The second kappa shape index (κ2) is 5.36. The van der Waals surface area contributed by atoms with Crippen LogP contribution < -0.4 is 5.32 Å². The molecular weight excluding hydrogens is 333 g/mol. The Morgan fingerprint density at radius 1 is 1.40 bits per heavy atom. The van der Waals surface area contributed by atoms with Crippen molar-refractivity contribution < 1.29 is 22.6 Å². The van der Waals surface area contributed by atoms with Gasteiger partial charge < -0.3 is 14.8 Å². The van der Waals surface area contributed by atoms with Crippen LogP contribution in [0, 0.1) is 29.1 Å². The predicted molar refractivity (Wildman–Crippen MR) is 83.8 cm³/mol. The van der Waals surface area contributed by atoms with Crippen LogP contribution in [-0.2, 0) is 15.7 Å². The standard InChI is InChI=1S/C18H19F3N2O2/c1-17(24-2)13-6-11(15-16(13)25-15)14(17)8-23-10-4-3-9(7-22)12(5-10)18(19,20)21/h3-5,11,13-16,23H,6,8H2,1-2H3. The van der Waals surface area contributed by atoms with E-state index in [-0.39, 0.29) is 29.3 Å². The number of hydrogen-bond donors (Lipinski definition) is 1. The highest BCUT2D eigenvalue weighted by atomic mass is 19.4. The lowest BCUT2D eigenvalue weighted by Gasteiger charge is -2.38. The molecule has 1 N–H and O–H groups in total. The number of alkyl halides is 3. The van der Waals surface area contributed by atoms with Crippen molar-refractivity contribution in [2.45, 2.75) is 37.3 Å². The van der Waals surface area contributed by atoms with E-state index in [1.807, 2.05) is 0 Å². The summed E-state index contributed by atoms with van der Waals surface area (Å²) in [6, 6.07) is 5.33. The first-order valence-electron chi connectivity index (χ1n) is 8.35. The predicted octanol–water partition coefficient (Wildman–Crippen LogP) is 3.43. The fourth-order valence-electron chi connectivity index (χ4n) is 4.89. The molecule has 1 aromatic carbocycles. The second-order valence-corrected chi connectivity index (χ2v) is 7.32. The summed E-state index contributed by atoms with van der Waals surface area (Å²) in [5, 5.41) is 12.0. The third-order valence-corrected chi connectivity index (χ3v) is 6.31. The first kappa shape index (κ1) is 16.7. The molecule has 0 aromatic heterocycles. The molecule has 3 aliphatic rings.